The SMILES string of the molecule is C[C@@H]1CC(CN(C)CC(=O)O)OC2[C@H]1[C@@]1(C)CC[C@@]34C[C@@]35CCC(O[C@H]3CN(C(=O)CC6CC6)CCO3)C(C)(C)[C@@H]5CCC4[C@]1(C)[C@H]2O. The lowest BCUT2D eigenvalue weighted by Gasteiger charge is -2.64. The molecule has 2 saturated heterocycles. The van der Waals surface area contributed by atoms with Crippen LogP contribution in [0.1, 0.15) is 105 Å². The summed E-state index contributed by atoms with van der Waals surface area (Å²) in [5.74, 6) is 1.82. The Hall–Kier alpha value is -1.26. The molecule has 0 aromatic heterocycles. The van der Waals surface area contributed by atoms with Gasteiger partial charge in [0.15, 0.2) is 6.29 Å². The van der Waals surface area contributed by atoms with Gasteiger partial charge in [0.05, 0.1) is 44.1 Å². The van der Waals surface area contributed by atoms with Crippen LogP contribution in [-0.2, 0) is 23.8 Å². The van der Waals surface area contributed by atoms with Crippen molar-refractivity contribution in [3.63, 3.8) is 0 Å². The molecule has 270 valence electrons. The number of hydrogen-bond acceptors (Lipinski definition) is 7. The van der Waals surface area contributed by atoms with Crippen LogP contribution in [0.5, 0.6) is 0 Å². The number of aliphatic hydroxyl groups excluding tert-OH is 1. The third kappa shape index (κ3) is 4.79. The molecule has 9 nitrogen and oxygen atoms in total. The van der Waals surface area contributed by atoms with Gasteiger partial charge < -0.3 is 29.3 Å². The molecular weight excluding hydrogens is 608 g/mol. The zero-order chi connectivity index (χ0) is 34.0. The van der Waals surface area contributed by atoms with Gasteiger partial charge in [-0.25, -0.2) is 0 Å². The maximum absolute atomic E-state index is 12.9. The van der Waals surface area contributed by atoms with E-state index in [-0.39, 0.29) is 58.7 Å². The van der Waals surface area contributed by atoms with Gasteiger partial charge in [0.25, 0.3) is 0 Å². The first-order valence-corrected chi connectivity index (χ1v) is 19.4. The number of rotatable bonds is 8. The number of carbonyl (C=O) groups excluding carboxylic acids is 1. The smallest absolute Gasteiger partial charge is 0.317 e. The summed E-state index contributed by atoms with van der Waals surface area (Å²) >= 11 is 0. The molecule has 8 fully saturated rings. The Morgan fingerprint density at radius 2 is 1.73 bits per heavy atom. The van der Waals surface area contributed by atoms with E-state index in [9.17, 15) is 19.8 Å². The summed E-state index contributed by atoms with van der Waals surface area (Å²) in [6.07, 6.45) is 11.2. The molecule has 2 aliphatic heterocycles. The van der Waals surface area contributed by atoms with Gasteiger partial charge >= 0.3 is 5.97 Å². The molecule has 2 heterocycles. The second-order valence-electron chi connectivity index (χ2n) is 19.1. The Labute approximate surface area is 287 Å². The summed E-state index contributed by atoms with van der Waals surface area (Å²) in [4.78, 5) is 28.1. The van der Waals surface area contributed by atoms with Crippen LogP contribution in [0.2, 0.25) is 0 Å². The summed E-state index contributed by atoms with van der Waals surface area (Å²) < 4.78 is 19.8. The number of fused-ring (bicyclic) bond motifs is 4. The monoisotopic (exact) mass is 670 g/mol. The minimum Gasteiger partial charge on any atom is -0.480 e. The highest BCUT2D eigenvalue weighted by molar-refractivity contribution is 5.76. The van der Waals surface area contributed by atoms with Crippen LogP contribution in [0.25, 0.3) is 0 Å². The number of likely N-dealkylation sites (N-methyl/N-ethyl adjacent to an activating group) is 1. The minimum atomic E-state index is -0.821. The molecule has 0 bridgehead atoms. The highest BCUT2D eigenvalue weighted by Gasteiger charge is 2.84. The van der Waals surface area contributed by atoms with Crippen molar-refractivity contribution in [2.24, 2.45) is 56.7 Å². The molecule has 13 atom stereocenters. The van der Waals surface area contributed by atoms with E-state index in [4.69, 9.17) is 14.2 Å². The minimum absolute atomic E-state index is 0.00257. The fourth-order valence-corrected chi connectivity index (χ4v) is 14.2. The molecule has 0 aromatic rings. The predicted molar refractivity (Wildman–Crippen MR) is 180 cm³/mol. The van der Waals surface area contributed by atoms with Gasteiger partial charge in [0, 0.05) is 24.9 Å². The van der Waals surface area contributed by atoms with Gasteiger partial charge in [-0.1, -0.05) is 34.6 Å². The summed E-state index contributed by atoms with van der Waals surface area (Å²) in [5.41, 5.74) is 0.393. The van der Waals surface area contributed by atoms with Gasteiger partial charge in [0.2, 0.25) is 5.91 Å². The number of ether oxygens (including phenoxy) is 3. The topological polar surface area (TPSA) is 109 Å². The van der Waals surface area contributed by atoms with E-state index in [1.54, 1.807) is 0 Å². The molecule has 0 radical (unpaired) electrons. The normalized spacial score (nSPS) is 50.5. The van der Waals surface area contributed by atoms with Gasteiger partial charge in [0.1, 0.15) is 0 Å². The Bertz CT molecular complexity index is 1300. The van der Waals surface area contributed by atoms with Crippen molar-refractivity contribution in [1.82, 2.24) is 9.80 Å². The summed E-state index contributed by atoms with van der Waals surface area (Å²) in [5, 5.41) is 21.8. The molecule has 2 N–H and O–H groups in total. The van der Waals surface area contributed by atoms with E-state index in [1.807, 2.05) is 16.8 Å². The molecule has 0 aromatic carbocycles. The van der Waals surface area contributed by atoms with E-state index in [2.05, 4.69) is 34.6 Å². The van der Waals surface area contributed by atoms with E-state index in [1.165, 1.54) is 38.5 Å². The number of carboxylic acid groups (broad SMARTS) is 1. The lowest BCUT2D eigenvalue weighted by atomic mass is 9.41. The zero-order valence-corrected chi connectivity index (χ0v) is 30.4. The number of carbonyl (C=O) groups is 2. The number of aliphatic carboxylic acids is 1. The largest absolute Gasteiger partial charge is 0.480 e. The maximum Gasteiger partial charge on any atom is 0.317 e. The van der Waals surface area contributed by atoms with Crippen LogP contribution in [0.4, 0.5) is 0 Å². The van der Waals surface area contributed by atoms with Crippen molar-refractivity contribution in [1.29, 1.82) is 0 Å². The molecule has 6 aliphatic carbocycles. The second-order valence-corrected chi connectivity index (χ2v) is 19.1. The Kier molecular flexibility index (Phi) is 8.02. The Morgan fingerprint density at radius 3 is 2.46 bits per heavy atom. The van der Waals surface area contributed by atoms with Crippen molar-refractivity contribution in [3.05, 3.63) is 0 Å². The third-order valence-electron chi connectivity index (χ3n) is 16.6. The van der Waals surface area contributed by atoms with Crippen LogP contribution in [0.15, 0.2) is 0 Å². The van der Waals surface area contributed by atoms with Crippen molar-refractivity contribution in [2.45, 2.75) is 136 Å². The first kappa shape index (κ1) is 33.9. The van der Waals surface area contributed by atoms with Crippen molar-refractivity contribution in [2.75, 3.05) is 39.8 Å². The van der Waals surface area contributed by atoms with Crippen molar-refractivity contribution >= 4 is 11.9 Å². The Balaban J connectivity index is 0.985. The molecule has 48 heavy (non-hydrogen) atoms. The van der Waals surface area contributed by atoms with Crippen LogP contribution >= 0.6 is 0 Å². The highest BCUT2D eigenvalue weighted by Crippen LogP contribution is 2.89. The number of morpholine rings is 1. The number of carboxylic acids is 1. The molecule has 4 unspecified atom stereocenters. The van der Waals surface area contributed by atoms with Crippen LogP contribution in [0, 0.1) is 56.7 Å². The lowest BCUT2D eigenvalue weighted by molar-refractivity contribution is -0.248. The van der Waals surface area contributed by atoms with Crippen LogP contribution in [0.3, 0.4) is 0 Å². The molecule has 2 spiro atoms. The van der Waals surface area contributed by atoms with E-state index in [0.29, 0.717) is 67.7 Å². The molecule has 9 heteroatoms. The third-order valence-corrected chi connectivity index (χ3v) is 16.6. The maximum atomic E-state index is 12.9. The number of amides is 1. The molecule has 1 amide bonds. The Morgan fingerprint density at radius 1 is 1.00 bits per heavy atom. The van der Waals surface area contributed by atoms with E-state index < -0.39 is 12.1 Å². The first-order valence-electron chi connectivity index (χ1n) is 19.4. The van der Waals surface area contributed by atoms with Crippen molar-refractivity contribution in [3.8, 4) is 0 Å². The lowest BCUT2D eigenvalue weighted by Crippen LogP contribution is -2.60. The number of hydrogen-bond donors (Lipinski definition) is 2. The number of aliphatic hydroxyl groups is 1. The fourth-order valence-electron chi connectivity index (χ4n) is 14.2. The molecular formula is C39H62N2O7. The molecule has 8 aliphatic rings. The highest BCUT2D eigenvalue weighted by atomic mass is 16.7. The molecule has 6 saturated carbocycles. The summed E-state index contributed by atoms with van der Waals surface area (Å²) in [7, 11) is 1.85. The number of nitrogens with zero attached hydrogens (tertiary/aromatic N) is 2. The van der Waals surface area contributed by atoms with Crippen LogP contribution < -0.4 is 0 Å². The standard InChI is InChI=1S/C39H62N2O7/c1-23-17-25(19-40(6)20-30(43)44)47-33-32(23)36(4)13-14-39-22-38(39)12-11-28(35(2,3)26(38)9-10-27(39)37(36,5)34(33)45)48-31-21-41(15-16-46-31)29(42)18-24-7-8-24/h23-28,31-34,45H,7-22H2,1-6H3,(H,43,44)/t23-,25?,26+,27?,28?,31+,32+,33?,34+,36-,37-,38-,39+/m1/s1. The average molecular weight is 671 g/mol. The van der Waals surface area contributed by atoms with E-state index in [0.717, 1.165) is 25.7 Å². The van der Waals surface area contributed by atoms with Gasteiger partial charge in [-0.2, -0.15) is 0 Å². The summed E-state index contributed by atoms with van der Waals surface area (Å²) in [6, 6.07) is 0. The van der Waals surface area contributed by atoms with E-state index >= 15 is 0 Å². The van der Waals surface area contributed by atoms with Gasteiger partial charge in [-0.3, -0.25) is 14.5 Å². The van der Waals surface area contributed by atoms with Crippen molar-refractivity contribution < 1.29 is 34.0 Å². The van der Waals surface area contributed by atoms with Gasteiger partial charge in [-0.05, 0) is 123 Å². The first-order chi connectivity index (χ1) is 22.7. The fraction of sp³-hybridized carbons (Fsp3) is 0.949. The average Bonchev–Trinajstić information content (AvgIpc) is 3.93. The molecule has 8 rings (SSSR count). The summed E-state index contributed by atoms with van der Waals surface area (Å²) in [6.45, 7) is 14.5. The second kappa shape index (κ2) is 11.4. The van der Waals surface area contributed by atoms with Gasteiger partial charge in [-0.15, -0.1) is 0 Å². The zero-order valence-electron chi connectivity index (χ0n) is 30.4. The quantitative estimate of drug-likeness (QED) is 0.364. The predicted octanol–water partition coefficient (Wildman–Crippen LogP) is 5.19. The van der Waals surface area contributed by atoms with Crippen LogP contribution in [-0.4, -0.2) is 102 Å².